The van der Waals surface area contributed by atoms with Crippen LogP contribution >= 0.6 is 15.9 Å². The Morgan fingerprint density at radius 2 is 1.87 bits per heavy atom. The van der Waals surface area contributed by atoms with Crippen molar-refractivity contribution in [3.8, 4) is 11.5 Å². The minimum atomic E-state index is -1.04. The van der Waals surface area contributed by atoms with Gasteiger partial charge in [0.05, 0.1) is 5.56 Å². The Kier molecular flexibility index (Phi) is 4.72. The largest absolute Gasteiger partial charge is 0.480 e. The van der Waals surface area contributed by atoms with Crippen LogP contribution in [0.3, 0.4) is 0 Å². The molecule has 0 spiro atoms. The average molecular weight is 386 g/mol. The van der Waals surface area contributed by atoms with E-state index in [1.807, 2.05) is 0 Å². The summed E-state index contributed by atoms with van der Waals surface area (Å²) in [6.45, 7) is 0.815. The molecule has 3 rings (SSSR count). The van der Waals surface area contributed by atoms with Gasteiger partial charge in [0.2, 0.25) is 6.79 Å². The van der Waals surface area contributed by atoms with Gasteiger partial charge in [-0.25, -0.2) is 0 Å². The number of amides is 1. The van der Waals surface area contributed by atoms with E-state index in [1.54, 1.807) is 12.1 Å². The topological polar surface area (TPSA) is 85.3 Å². The Labute approximate surface area is 141 Å². The number of ether oxygens (including phenoxy) is 3. The molecule has 124 valence electrons. The van der Waals surface area contributed by atoms with E-state index in [2.05, 4.69) is 15.9 Å². The summed E-state index contributed by atoms with van der Waals surface area (Å²) in [4.78, 5) is 25.5. The van der Waals surface area contributed by atoms with Gasteiger partial charge in [-0.1, -0.05) is 0 Å². The second-order valence-corrected chi connectivity index (χ2v) is 6.21. The first-order valence-corrected chi connectivity index (χ1v) is 8.05. The first-order chi connectivity index (χ1) is 11.1. The summed E-state index contributed by atoms with van der Waals surface area (Å²) in [5, 5.41) is 9.15. The van der Waals surface area contributed by atoms with Crippen LogP contribution in [0, 0.1) is 0 Å². The molecular formula is C15H16BrNO6. The molecule has 0 atom stereocenters. The number of hydrogen-bond acceptors (Lipinski definition) is 5. The highest BCUT2D eigenvalue weighted by Crippen LogP contribution is 2.37. The zero-order chi connectivity index (χ0) is 16.4. The minimum absolute atomic E-state index is 0.109. The molecule has 1 aromatic carbocycles. The number of fused-ring (bicyclic) bond motifs is 1. The van der Waals surface area contributed by atoms with Gasteiger partial charge in [0.1, 0.15) is 6.54 Å². The number of carboxylic acids is 1. The molecule has 23 heavy (non-hydrogen) atoms. The van der Waals surface area contributed by atoms with Crippen molar-refractivity contribution < 1.29 is 28.9 Å². The standard InChI is InChI=1S/C15H16BrNO6/c16-11-6-13-12(22-8-23-13)5-10(11)15(20)17(7-14(18)19)9-1-3-21-4-2-9/h5-6,9H,1-4,7-8H2,(H,18,19). The van der Waals surface area contributed by atoms with Crippen molar-refractivity contribution in [2.45, 2.75) is 18.9 Å². The summed E-state index contributed by atoms with van der Waals surface area (Å²) in [7, 11) is 0. The molecule has 1 N–H and O–H groups in total. The van der Waals surface area contributed by atoms with Gasteiger partial charge in [-0.15, -0.1) is 0 Å². The quantitative estimate of drug-likeness (QED) is 0.851. The highest BCUT2D eigenvalue weighted by atomic mass is 79.9. The zero-order valence-corrected chi connectivity index (χ0v) is 13.9. The molecule has 1 fully saturated rings. The van der Waals surface area contributed by atoms with Crippen LogP contribution in [0.25, 0.3) is 0 Å². The van der Waals surface area contributed by atoms with E-state index < -0.39 is 5.97 Å². The van der Waals surface area contributed by atoms with Crippen molar-refractivity contribution in [1.29, 1.82) is 0 Å². The fraction of sp³-hybridized carbons (Fsp3) is 0.467. The summed E-state index contributed by atoms with van der Waals surface area (Å²) < 4.78 is 16.4. The molecule has 7 nitrogen and oxygen atoms in total. The second kappa shape index (κ2) is 6.76. The number of halogens is 1. The smallest absolute Gasteiger partial charge is 0.323 e. The first-order valence-electron chi connectivity index (χ1n) is 7.26. The van der Waals surface area contributed by atoms with E-state index >= 15 is 0 Å². The number of aliphatic carboxylic acids is 1. The maximum atomic E-state index is 12.9. The lowest BCUT2D eigenvalue weighted by Crippen LogP contribution is -2.46. The maximum absolute atomic E-state index is 12.9. The van der Waals surface area contributed by atoms with Crippen LogP contribution < -0.4 is 9.47 Å². The van der Waals surface area contributed by atoms with Crippen LogP contribution in [0.5, 0.6) is 11.5 Å². The molecule has 0 aromatic heterocycles. The minimum Gasteiger partial charge on any atom is -0.480 e. The molecular weight excluding hydrogens is 370 g/mol. The summed E-state index contributed by atoms with van der Waals surface area (Å²) >= 11 is 3.35. The predicted octanol–water partition coefficient (Wildman–Crippen LogP) is 1.88. The van der Waals surface area contributed by atoms with E-state index in [1.165, 1.54) is 4.90 Å². The van der Waals surface area contributed by atoms with Gasteiger partial charge in [0, 0.05) is 23.7 Å². The molecule has 1 saturated heterocycles. The maximum Gasteiger partial charge on any atom is 0.323 e. The Balaban J connectivity index is 1.89. The molecule has 2 heterocycles. The first kappa shape index (κ1) is 16.1. The molecule has 1 amide bonds. The normalized spacial score (nSPS) is 17.1. The van der Waals surface area contributed by atoms with Crippen LogP contribution in [0.2, 0.25) is 0 Å². The lowest BCUT2D eigenvalue weighted by molar-refractivity contribution is -0.138. The molecule has 1 aromatic rings. The third-order valence-electron chi connectivity index (χ3n) is 3.89. The number of carbonyl (C=O) groups is 2. The fourth-order valence-electron chi connectivity index (χ4n) is 2.75. The average Bonchev–Trinajstić information content (AvgIpc) is 2.99. The van der Waals surface area contributed by atoms with E-state index in [0.29, 0.717) is 47.6 Å². The molecule has 0 radical (unpaired) electrons. The second-order valence-electron chi connectivity index (χ2n) is 5.36. The number of carboxylic acid groups (broad SMARTS) is 1. The Morgan fingerprint density at radius 1 is 1.22 bits per heavy atom. The lowest BCUT2D eigenvalue weighted by atomic mass is 10.0. The van der Waals surface area contributed by atoms with Crippen molar-refractivity contribution in [2.75, 3.05) is 26.6 Å². The van der Waals surface area contributed by atoms with Crippen LogP contribution in [-0.4, -0.2) is 54.5 Å². The van der Waals surface area contributed by atoms with E-state index in [-0.39, 0.29) is 25.3 Å². The predicted molar refractivity (Wildman–Crippen MR) is 82.8 cm³/mol. The van der Waals surface area contributed by atoms with Crippen LogP contribution in [-0.2, 0) is 9.53 Å². The number of benzene rings is 1. The van der Waals surface area contributed by atoms with Gasteiger partial charge in [-0.2, -0.15) is 0 Å². The highest BCUT2D eigenvalue weighted by Gasteiger charge is 2.30. The molecule has 0 bridgehead atoms. The van der Waals surface area contributed by atoms with Gasteiger partial charge >= 0.3 is 5.97 Å². The lowest BCUT2D eigenvalue weighted by Gasteiger charge is -2.33. The molecule has 0 unspecified atom stereocenters. The van der Waals surface area contributed by atoms with E-state index in [4.69, 9.17) is 19.3 Å². The summed E-state index contributed by atoms with van der Waals surface area (Å²) in [5.41, 5.74) is 0.363. The van der Waals surface area contributed by atoms with Crippen LogP contribution in [0.1, 0.15) is 23.2 Å². The molecule has 0 saturated carbocycles. The summed E-state index contributed by atoms with van der Waals surface area (Å²) in [5.74, 6) is -0.339. The molecule has 0 aliphatic carbocycles. The van der Waals surface area contributed by atoms with Gasteiger partial charge < -0.3 is 24.2 Å². The SMILES string of the molecule is O=C(O)CN(C(=O)c1cc2c(cc1Br)OCO2)C1CCOCC1. The van der Waals surface area contributed by atoms with E-state index in [9.17, 15) is 9.59 Å². The third-order valence-corrected chi connectivity index (χ3v) is 4.55. The van der Waals surface area contributed by atoms with Crippen molar-refractivity contribution in [2.24, 2.45) is 0 Å². The Hall–Kier alpha value is -1.80. The van der Waals surface area contributed by atoms with E-state index in [0.717, 1.165) is 0 Å². The summed E-state index contributed by atoms with van der Waals surface area (Å²) in [6.07, 6.45) is 1.25. The Morgan fingerprint density at radius 3 is 2.52 bits per heavy atom. The number of nitrogens with zero attached hydrogens (tertiary/aromatic N) is 1. The van der Waals surface area contributed by atoms with Gasteiger partial charge in [0.15, 0.2) is 11.5 Å². The van der Waals surface area contributed by atoms with Crippen molar-refractivity contribution in [3.05, 3.63) is 22.2 Å². The molecule has 2 aliphatic rings. The van der Waals surface area contributed by atoms with Gasteiger partial charge in [-0.3, -0.25) is 9.59 Å². The van der Waals surface area contributed by atoms with Crippen molar-refractivity contribution in [3.63, 3.8) is 0 Å². The number of rotatable bonds is 4. The van der Waals surface area contributed by atoms with Crippen LogP contribution in [0.4, 0.5) is 0 Å². The fourth-order valence-corrected chi connectivity index (χ4v) is 3.24. The van der Waals surface area contributed by atoms with Gasteiger partial charge in [-0.05, 0) is 40.9 Å². The van der Waals surface area contributed by atoms with Gasteiger partial charge in [0.25, 0.3) is 5.91 Å². The summed E-state index contributed by atoms with van der Waals surface area (Å²) in [6, 6.07) is 3.10. The molecule has 2 aliphatic heterocycles. The number of hydrogen-bond donors (Lipinski definition) is 1. The zero-order valence-electron chi connectivity index (χ0n) is 12.3. The monoisotopic (exact) mass is 385 g/mol. The van der Waals surface area contributed by atoms with Crippen molar-refractivity contribution in [1.82, 2.24) is 4.90 Å². The van der Waals surface area contributed by atoms with Crippen molar-refractivity contribution >= 4 is 27.8 Å². The van der Waals surface area contributed by atoms with Crippen LogP contribution in [0.15, 0.2) is 16.6 Å². The third kappa shape index (κ3) is 3.42. The molecule has 8 heteroatoms. The number of carbonyl (C=O) groups excluding carboxylic acids is 1. The Bertz CT molecular complexity index is 629. The highest BCUT2D eigenvalue weighted by molar-refractivity contribution is 9.10.